The van der Waals surface area contributed by atoms with Gasteiger partial charge in [0.05, 0.1) is 11.3 Å². The third-order valence-corrected chi connectivity index (χ3v) is 3.42. The number of aromatic nitrogens is 1. The van der Waals surface area contributed by atoms with Crippen LogP contribution >= 0.6 is 0 Å². The number of alkyl halides is 3. The summed E-state index contributed by atoms with van der Waals surface area (Å²) in [6.45, 7) is 3.90. The minimum Gasteiger partial charge on any atom is -0.256 e. The second-order valence-corrected chi connectivity index (χ2v) is 5.19. The molecule has 0 aliphatic carbocycles. The number of aryl methyl sites for hydroxylation is 2. The predicted octanol–water partition coefficient (Wildman–Crippen LogP) is 5.42. The van der Waals surface area contributed by atoms with Gasteiger partial charge >= 0.3 is 6.18 Å². The van der Waals surface area contributed by atoms with Crippen molar-refractivity contribution in [2.75, 3.05) is 0 Å². The highest BCUT2D eigenvalue weighted by atomic mass is 19.4. The highest BCUT2D eigenvalue weighted by Crippen LogP contribution is 2.34. The van der Waals surface area contributed by atoms with Gasteiger partial charge in [0.15, 0.2) is 0 Å². The van der Waals surface area contributed by atoms with Crippen molar-refractivity contribution in [3.05, 3.63) is 53.2 Å². The van der Waals surface area contributed by atoms with E-state index in [1.165, 1.54) is 12.1 Å². The molecule has 0 bridgehead atoms. The smallest absolute Gasteiger partial charge is 0.256 e. The largest absolute Gasteiger partial charge is 0.416 e. The van der Waals surface area contributed by atoms with Crippen LogP contribution in [0.3, 0.4) is 0 Å². The first kappa shape index (κ1) is 15.5. The van der Waals surface area contributed by atoms with Crippen LogP contribution in [-0.4, -0.2) is 4.98 Å². The Morgan fingerprint density at radius 3 is 2.43 bits per heavy atom. The lowest BCUT2D eigenvalue weighted by molar-refractivity contribution is -0.138. The van der Waals surface area contributed by atoms with E-state index in [4.69, 9.17) is 0 Å². The molecule has 0 unspecified atom stereocenters. The number of pyridine rings is 1. The molecule has 112 valence electrons. The van der Waals surface area contributed by atoms with Crippen molar-refractivity contribution < 1.29 is 13.2 Å². The van der Waals surface area contributed by atoms with Gasteiger partial charge in [-0.3, -0.25) is 4.98 Å². The molecular formula is C17H18F3N. The summed E-state index contributed by atoms with van der Waals surface area (Å²) in [6.07, 6.45) is -0.537. The van der Waals surface area contributed by atoms with Crippen molar-refractivity contribution in [3.8, 4) is 11.3 Å². The van der Waals surface area contributed by atoms with E-state index in [0.29, 0.717) is 17.7 Å². The summed E-state index contributed by atoms with van der Waals surface area (Å²) in [6, 6.07) is 8.03. The SMILES string of the molecule is CCCCc1cc(-c2ccc(C)cn2)ccc1C(F)(F)F. The summed E-state index contributed by atoms with van der Waals surface area (Å²) >= 11 is 0. The van der Waals surface area contributed by atoms with Crippen LogP contribution in [0.1, 0.15) is 36.5 Å². The topological polar surface area (TPSA) is 12.9 Å². The molecule has 2 aromatic rings. The highest BCUT2D eigenvalue weighted by molar-refractivity contribution is 5.61. The zero-order valence-electron chi connectivity index (χ0n) is 12.2. The zero-order valence-corrected chi connectivity index (χ0v) is 12.2. The van der Waals surface area contributed by atoms with Crippen LogP contribution in [0.4, 0.5) is 13.2 Å². The number of hydrogen-bond donors (Lipinski definition) is 0. The molecule has 0 spiro atoms. The van der Waals surface area contributed by atoms with Gasteiger partial charge in [-0.15, -0.1) is 0 Å². The predicted molar refractivity (Wildman–Crippen MR) is 78.0 cm³/mol. The number of nitrogens with zero attached hydrogens (tertiary/aromatic N) is 1. The Hall–Kier alpha value is -1.84. The molecule has 0 aliphatic heterocycles. The van der Waals surface area contributed by atoms with Crippen molar-refractivity contribution in [2.24, 2.45) is 0 Å². The maximum absolute atomic E-state index is 13.0. The first-order valence-corrected chi connectivity index (χ1v) is 7.05. The van der Waals surface area contributed by atoms with Gasteiger partial charge in [0.2, 0.25) is 0 Å². The summed E-state index contributed by atoms with van der Waals surface area (Å²) in [4.78, 5) is 4.28. The molecule has 0 N–H and O–H groups in total. The summed E-state index contributed by atoms with van der Waals surface area (Å²) < 4.78 is 39.1. The Morgan fingerprint density at radius 2 is 1.86 bits per heavy atom. The molecule has 2 rings (SSSR count). The van der Waals surface area contributed by atoms with Gasteiger partial charge in [-0.1, -0.05) is 25.5 Å². The van der Waals surface area contributed by atoms with E-state index in [-0.39, 0.29) is 0 Å². The molecule has 0 fully saturated rings. The zero-order chi connectivity index (χ0) is 15.5. The van der Waals surface area contributed by atoms with Gasteiger partial charge in [-0.25, -0.2) is 0 Å². The normalized spacial score (nSPS) is 11.7. The molecule has 1 heterocycles. The average molecular weight is 293 g/mol. The van der Waals surface area contributed by atoms with Crippen molar-refractivity contribution in [2.45, 2.75) is 39.3 Å². The Balaban J connectivity index is 2.43. The standard InChI is InChI=1S/C17H18F3N/c1-3-4-5-13-10-14(7-8-15(13)17(18,19)20)16-9-6-12(2)11-21-16/h6-11H,3-5H2,1-2H3. The average Bonchev–Trinajstić information content (AvgIpc) is 2.44. The molecule has 0 saturated carbocycles. The molecule has 0 amide bonds. The van der Waals surface area contributed by atoms with E-state index >= 15 is 0 Å². The van der Waals surface area contributed by atoms with E-state index in [1.54, 1.807) is 12.3 Å². The molecule has 0 radical (unpaired) electrons. The van der Waals surface area contributed by atoms with Crippen molar-refractivity contribution in [1.82, 2.24) is 4.98 Å². The summed E-state index contributed by atoms with van der Waals surface area (Å²) in [5.74, 6) is 0. The lowest BCUT2D eigenvalue weighted by Crippen LogP contribution is -2.09. The van der Waals surface area contributed by atoms with Crippen LogP contribution in [0.25, 0.3) is 11.3 Å². The fraction of sp³-hybridized carbons (Fsp3) is 0.353. The maximum atomic E-state index is 13.0. The van der Waals surface area contributed by atoms with Crippen molar-refractivity contribution in [1.29, 1.82) is 0 Å². The van der Waals surface area contributed by atoms with Gasteiger partial charge in [-0.2, -0.15) is 13.2 Å². The van der Waals surface area contributed by atoms with Crippen LogP contribution in [0.5, 0.6) is 0 Å². The molecule has 0 saturated heterocycles. The number of hydrogen-bond acceptors (Lipinski definition) is 1. The monoisotopic (exact) mass is 293 g/mol. The third kappa shape index (κ3) is 3.84. The maximum Gasteiger partial charge on any atom is 0.416 e. The third-order valence-electron chi connectivity index (χ3n) is 3.42. The van der Waals surface area contributed by atoms with E-state index in [0.717, 1.165) is 24.0 Å². The van der Waals surface area contributed by atoms with Gasteiger partial charge in [0, 0.05) is 11.8 Å². The van der Waals surface area contributed by atoms with Crippen LogP contribution < -0.4 is 0 Å². The Labute approximate surface area is 122 Å². The lowest BCUT2D eigenvalue weighted by atomic mass is 9.97. The summed E-state index contributed by atoms with van der Waals surface area (Å²) in [5.41, 5.74) is 2.27. The van der Waals surface area contributed by atoms with Gasteiger partial charge in [0.1, 0.15) is 0 Å². The van der Waals surface area contributed by atoms with E-state index in [1.807, 2.05) is 26.0 Å². The van der Waals surface area contributed by atoms with Gasteiger partial charge < -0.3 is 0 Å². The Bertz CT molecular complexity index is 600. The lowest BCUT2D eigenvalue weighted by Gasteiger charge is -2.14. The van der Waals surface area contributed by atoms with Crippen LogP contribution in [0, 0.1) is 6.92 Å². The number of rotatable bonds is 4. The van der Waals surface area contributed by atoms with Crippen LogP contribution in [0.2, 0.25) is 0 Å². The Morgan fingerprint density at radius 1 is 1.10 bits per heavy atom. The highest BCUT2D eigenvalue weighted by Gasteiger charge is 2.33. The first-order chi connectivity index (χ1) is 9.91. The molecule has 1 aromatic heterocycles. The van der Waals surface area contributed by atoms with Crippen LogP contribution in [-0.2, 0) is 12.6 Å². The van der Waals surface area contributed by atoms with Crippen molar-refractivity contribution in [3.63, 3.8) is 0 Å². The van der Waals surface area contributed by atoms with E-state index in [2.05, 4.69) is 4.98 Å². The molecule has 21 heavy (non-hydrogen) atoms. The van der Waals surface area contributed by atoms with Gasteiger partial charge in [-0.05, 0) is 49.1 Å². The molecule has 4 heteroatoms. The molecular weight excluding hydrogens is 275 g/mol. The second-order valence-electron chi connectivity index (χ2n) is 5.19. The minimum absolute atomic E-state index is 0.351. The molecule has 0 aliphatic rings. The number of unbranched alkanes of at least 4 members (excludes halogenated alkanes) is 1. The molecule has 1 nitrogen and oxygen atoms in total. The molecule has 1 aromatic carbocycles. The minimum atomic E-state index is -4.30. The Kier molecular flexibility index (Phi) is 4.66. The fourth-order valence-electron chi connectivity index (χ4n) is 2.24. The van der Waals surface area contributed by atoms with Gasteiger partial charge in [0.25, 0.3) is 0 Å². The number of benzene rings is 1. The van der Waals surface area contributed by atoms with E-state index < -0.39 is 11.7 Å². The first-order valence-electron chi connectivity index (χ1n) is 7.05. The second kappa shape index (κ2) is 6.29. The van der Waals surface area contributed by atoms with E-state index in [9.17, 15) is 13.2 Å². The van der Waals surface area contributed by atoms with Crippen LogP contribution in [0.15, 0.2) is 36.5 Å². The fourth-order valence-corrected chi connectivity index (χ4v) is 2.24. The molecule has 0 atom stereocenters. The summed E-state index contributed by atoms with van der Waals surface area (Å²) in [7, 11) is 0. The number of halogens is 3. The quantitative estimate of drug-likeness (QED) is 0.733. The van der Waals surface area contributed by atoms with Crippen molar-refractivity contribution >= 4 is 0 Å². The summed E-state index contributed by atoms with van der Waals surface area (Å²) in [5, 5.41) is 0.